The molecule has 0 aliphatic carbocycles. The van der Waals surface area contributed by atoms with E-state index in [-0.39, 0.29) is 12.5 Å². The molecule has 0 aliphatic rings. The number of esters is 1. The van der Waals surface area contributed by atoms with Gasteiger partial charge in [-0.2, -0.15) is 5.10 Å². The average Bonchev–Trinajstić information content (AvgIpc) is 3.31. The van der Waals surface area contributed by atoms with E-state index in [0.29, 0.717) is 27.7 Å². The molecule has 0 bridgehead atoms. The summed E-state index contributed by atoms with van der Waals surface area (Å²) in [6.45, 7) is 3.77. The Kier molecular flexibility index (Phi) is 7.40. The van der Waals surface area contributed by atoms with Crippen LogP contribution < -0.4 is 19.6 Å². The van der Waals surface area contributed by atoms with E-state index in [2.05, 4.69) is 10.5 Å². The van der Waals surface area contributed by atoms with Crippen LogP contribution in [-0.2, 0) is 4.79 Å². The second-order valence-electron chi connectivity index (χ2n) is 6.56. The third-order valence-electron chi connectivity index (χ3n) is 4.43. The Hall–Kier alpha value is -3.65. The fraction of sp³-hybridized carbons (Fsp3) is 0.174. The average molecular weight is 439 g/mol. The van der Waals surface area contributed by atoms with Crippen molar-refractivity contribution in [1.29, 1.82) is 0 Å². The number of ether oxygens (including phenoxy) is 3. The number of amides is 1. The fourth-order valence-electron chi connectivity index (χ4n) is 2.63. The number of hydrogen-bond donors (Lipinski definition) is 1. The molecule has 160 valence electrons. The van der Waals surface area contributed by atoms with E-state index in [0.717, 1.165) is 11.1 Å². The highest BCUT2D eigenvalue weighted by Gasteiger charge is 2.13. The molecule has 8 heteroatoms. The summed E-state index contributed by atoms with van der Waals surface area (Å²) in [6, 6.07) is 14.1. The molecule has 7 nitrogen and oxygen atoms in total. The van der Waals surface area contributed by atoms with E-state index in [9.17, 15) is 9.59 Å². The summed E-state index contributed by atoms with van der Waals surface area (Å²) in [5.74, 6) is 0.496. The predicted octanol–water partition coefficient (Wildman–Crippen LogP) is 4.12. The number of carbonyl (C=O) groups is 2. The summed E-state index contributed by atoms with van der Waals surface area (Å²) < 4.78 is 16.2. The highest BCUT2D eigenvalue weighted by atomic mass is 32.1. The molecule has 0 spiro atoms. The van der Waals surface area contributed by atoms with Crippen LogP contribution in [0.1, 0.15) is 26.4 Å². The Morgan fingerprint density at radius 2 is 1.90 bits per heavy atom. The Morgan fingerprint density at radius 1 is 1.06 bits per heavy atom. The third-order valence-corrected chi connectivity index (χ3v) is 5.28. The number of rotatable bonds is 8. The molecule has 3 aromatic rings. The topological polar surface area (TPSA) is 86.2 Å². The number of hydrazone groups is 1. The van der Waals surface area contributed by atoms with Crippen molar-refractivity contribution in [3.8, 4) is 17.2 Å². The summed E-state index contributed by atoms with van der Waals surface area (Å²) in [4.78, 5) is 24.6. The van der Waals surface area contributed by atoms with Gasteiger partial charge in [0.1, 0.15) is 10.6 Å². The lowest BCUT2D eigenvalue weighted by Crippen LogP contribution is -2.24. The Bertz CT molecular complexity index is 1090. The van der Waals surface area contributed by atoms with Crippen LogP contribution >= 0.6 is 11.3 Å². The first kappa shape index (κ1) is 22.0. The molecule has 0 radical (unpaired) electrons. The lowest BCUT2D eigenvalue weighted by Gasteiger charge is -2.10. The van der Waals surface area contributed by atoms with E-state index in [1.54, 1.807) is 35.7 Å². The van der Waals surface area contributed by atoms with Gasteiger partial charge in [0.25, 0.3) is 5.91 Å². The van der Waals surface area contributed by atoms with Crippen molar-refractivity contribution in [2.45, 2.75) is 13.8 Å². The van der Waals surface area contributed by atoms with Crippen molar-refractivity contribution in [3.05, 3.63) is 75.5 Å². The molecule has 0 unspecified atom stereocenters. The SMILES string of the molecule is COc1cc(/C=N/NC(=O)COc2cccc(C)c2C)ccc1OC(=O)c1cccs1. The molecule has 1 N–H and O–H groups in total. The standard InChI is InChI=1S/C23H22N2O5S/c1-15-6-4-7-18(16(15)2)29-14-22(26)25-24-13-17-9-10-19(20(12-17)28-3)30-23(27)21-8-5-11-31-21/h4-13H,14H2,1-3H3,(H,25,26)/b24-13+. The molecule has 1 amide bonds. The fourth-order valence-corrected chi connectivity index (χ4v) is 3.23. The van der Waals surface area contributed by atoms with Gasteiger partial charge >= 0.3 is 5.97 Å². The zero-order valence-corrected chi connectivity index (χ0v) is 18.2. The number of benzene rings is 2. The van der Waals surface area contributed by atoms with Gasteiger partial charge in [0, 0.05) is 0 Å². The molecular formula is C23H22N2O5S. The lowest BCUT2D eigenvalue weighted by molar-refractivity contribution is -0.123. The summed E-state index contributed by atoms with van der Waals surface area (Å²) in [5, 5.41) is 5.73. The van der Waals surface area contributed by atoms with Crippen LogP contribution in [0.15, 0.2) is 59.0 Å². The lowest BCUT2D eigenvalue weighted by atomic mass is 10.1. The predicted molar refractivity (Wildman–Crippen MR) is 119 cm³/mol. The second kappa shape index (κ2) is 10.4. The maximum atomic E-state index is 12.1. The highest BCUT2D eigenvalue weighted by Crippen LogP contribution is 2.29. The molecule has 2 aromatic carbocycles. The zero-order chi connectivity index (χ0) is 22.2. The summed E-state index contributed by atoms with van der Waals surface area (Å²) in [5.41, 5.74) is 5.16. The first-order valence-electron chi connectivity index (χ1n) is 9.42. The van der Waals surface area contributed by atoms with E-state index >= 15 is 0 Å². The largest absolute Gasteiger partial charge is 0.493 e. The number of nitrogens with zero attached hydrogens (tertiary/aromatic N) is 1. The Morgan fingerprint density at radius 3 is 2.65 bits per heavy atom. The van der Waals surface area contributed by atoms with Gasteiger partial charge in [0.15, 0.2) is 18.1 Å². The van der Waals surface area contributed by atoms with Crippen molar-refractivity contribution < 1.29 is 23.8 Å². The zero-order valence-electron chi connectivity index (χ0n) is 17.4. The van der Waals surface area contributed by atoms with E-state index < -0.39 is 5.97 Å². The number of aryl methyl sites for hydroxylation is 1. The van der Waals surface area contributed by atoms with Gasteiger partial charge in [0.2, 0.25) is 0 Å². The quantitative estimate of drug-likeness (QED) is 0.247. The van der Waals surface area contributed by atoms with Crippen LogP contribution in [0.3, 0.4) is 0 Å². The van der Waals surface area contributed by atoms with Crippen LogP contribution in [-0.4, -0.2) is 31.8 Å². The van der Waals surface area contributed by atoms with Gasteiger partial charge in [-0.3, -0.25) is 4.79 Å². The van der Waals surface area contributed by atoms with Crippen LogP contribution in [0.4, 0.5) is 0 Å². The van der Waals surface area contributed by atoms with Crippen LogP contribution in [0.25, 0.3) is 0 Å². The number of carbonyl (C=O) groups excluding carboxylic acids is 2. The van der Waals surface area contributed by atoms with E-state index in [4.69, 9.17) is 14.2 Å². The third kappa shape index (κ3) is 5.93. The summed E-state index contributed by atoms with van der Waals surface area (Å²) >= 11 is 1.30. The normalized spacial score (nSPS) is 10.7. The molecule has 1 heterocycles. The van der Waals surface area contributed by atoms with Crippen molar-refractivity contribution >= 4 is 29.4 Å². The van der Waals surface area contributed by atoms with Gasteiger partial charge in [-0.1, -0.05) is 18.2 Å². The maximum absolute atomic E-state index is 12.1. The molecule has 1 aromatic heterocycles. The van der Waals surface area contributed by atoms with Gasteiger partial charge in [0.05, 0.1) is 13.3 Å². The number of thiophene rings is 1. The van der Waals surface area contributed by atoms with E-state index in [1.807, 2.05) is 32.0 Å². The minimum atomic E-state index is -0.453. The van der Waals surface area contributed by atoms with Crippen LogP contribution in [0.5, 0.6) is 17.2 Å². The molecule has 0 atom stereocenters. The molecular weight excluding hydrogens is 416 g/mol. The molecule has 31 heavy (non-hydrogen) atoms. The first-order chi connectivity index (χ1) is 15.0. The Labute approximate surface area is 184 Å². The monoisotopic (exact) mass is 438 g/mol. The molecule has 0 fully saturated rings. The minimum absolute atomic E-state index is 0.150. The van der Waals surface area contributed by atoms with Crippen molar-refractivity contribution in [2.24, 2.45) is 5.10 Å². The maximum Gasteiger partial charge on any atom is 0.353 e. The van der Waals surface area contributed by atoms with Crippen molar-refractivity contribution in [1.82, 2.24) is 5.43 Å². The van der Waals surface area contributed by atoms with Crippen LogP contribution in [0.2, 0.25) is 0 Å². The summed E-state index contributed by atoms with van der Waals surface area (Å²) in [7, 11) is 1.48. The smallest absolute Gasteiger partial charge is 0.353 e. The number of methoxy groups -OCH3 is 1. The van der Waals surface area contributed by atoms with Gasteiger partial charge < -0.3 is 14.2 Å². The van der Waals surface area contributed by atoms with E-state index in [1.165, 1.54) is 24.7 Å². The van der Waals surface area contributed by atoms with Gasteiger partial charge in [-0.15, -0.1) is 11.3 Å². The highest BCUT2D eigenvalue weighted by molar-refractivity contribution is 7.12. The second-order valence-corrected chi connectivity index (χ2v) is 7.50. The molecule has 3 rings (SSSR count). The molecule has 0 aliphatic heterocycles. The molecule has 0 saturated carbocycles. The molecule has 0 saturated heterocycles. The number of nitrogens with one attached hydrogen (secondary N) is 1. The van der Waals surface area contributed by atoms with Gasteiger partial charge in [-0.05, 0) is 66.2 Å². The van der Waals surface area contributed by atoms with Crippen molar-refractivity contribution in [2.75, 3.05) is 13.7 Å². The summed E-state index contributed by atoms with van der Waals surface area (Å²) in [6.07, 6.45) is 1.46. The van der Waals surface area contributed by atoms with Crippen LogP contribution in [0, 0.1) is 13.8 Å². The minimum Gasteiger partial charge on any atom is -0.493 e. The Balaban J connectivity index is 1.56. The number of hydrogen-bond acceptors (Lipinski definition) is 7. The first-order valence-corrected chi connectivity index (χ1v) is 10.3. The van der Waals surface area contributed by atoms with Crippen molar-refractivity contribution in [3.63, 3.8) is 0 Å². The van der Waals surface area contributed by atoms with Gasteiger partial charge in [-0.25, -0.2) is 10.2 Å².